The molecule has 1 aromatic heterocycles. The van der Waals surface area contributed by atoms with Crippen LogP contribution in [0.25, 0.3) is 0 Å². The molecule has 4 nitrogen and oxygen atoms in total. The first-order valence-corrected chi connectivity index (χ1v) is 5.68. The van der Waals surface area contributed by atoms with Crippen LogP contribution in [0.4, 0.5) is 5.82 Å². The molecule has 0 atom stereocenters. The van der Waals surface area contributed by atoms with Crippen molar-refractivity contribution in [1.29, 1.82) is 0 Å². The van der Waals surface area contributed by atoms with Gasteiger partial charge in [0.25, 0.3) is 0 Å². The van der Waals surface area contributed by atoms with Crippen LogP contribution in [0.5, 0.6) is 0 Å². The van der Waals surface area contributed by atoms with E-state index in [4.69, 9.17) is 4.74 Å². The standard InChI is InChI=1S/C12H19N3O/c1-10-6-11(14-9-13-10)15-4-5-16-8-12(2,3)7-15/h6,9H,4-5,7-8H2,1-3H3. The van der Waals surface area contributed by atoms with Gasteiger partial charge in [-0.05, 0) is 6.92 Å². The van der Waals surface area contributed by atoms with Crippen molar-refractivity contribution in [3.05, 3.63) is 18.1 Å². The highest BCUT2D eigenvalue weighted by Gasteiger charge is 2.26. The van der Waals surface area contributed by atoms with E-state index >= 15 is 0 Å². The van der Waals surface area contributed by atoms with Crippen molar-refractivity contribution in [2.75, 3.05) is 31.2 Å². The van der Waals surface area contributed by atoms with Crippen molar-refractivity contribution in [3.8, 4) is 0 Å². The van der Waals surface area contributed by atoms with E-state index in [0.29, 0.717) is 0 Å². The largest absolute Gasteiger partial charge is 0.379 e. The highest BCUT2D eigenvalue weighted by atomic mass is 16.5. The zero-order valence-electron chi connectivity index (χ0n) is 10.2. The van der Waals surface area contributed by atoms with Gasteiger partial charge in [0, 0.05) is 30.3 Å². The van der Waals surface area contributed by atoms with Gasteiger partial charge in [0.05, 0.1) is 13.2 Å². The van der Waals surface area contributed by atoms with Gasteiger partial charge in [0.15, 0.2) is 0 Å². The Labute approximate surface area is 96.7 Å². The minimum atomic E-state index is 0.176. The molecule has 0 unspecified atom stereocenters. The molecule has 0 N–H and O–H groups in total. The van der Waals surface area contributed by atoms with E-state index in [1.165, 1.54) is 0 Å². The van der Waals surface area contributed by atoms with Crippen molar-refractivity contribution in [2.24, 2.45) is 5.41 Å². The molecular weight excluding hydrogens is 202 g/mol. The second-order valence-electron chi connectivity index (χ2n) is 5.16. The maximum Gasteiger partial charge on any atom is 0.132 e. The summed E-state index contributed by atoms with van der Waals surface area (Å²) in [5.41, 5.74) is 1.18. The van der Waals surface area contributed by atoms with Gasteiger partial charge >= 0.3 is 0 Å². The van der Waals surface area contributed by atoms with Gasteiger partial charge in [-0.25, -0.2) is 9.97 Å². The minimum absolute atomic E-state index is 0.176. The molecule has 0 saturated carbocycles. The SMILES string of the molecule is Cc1cc(N2CCOCC(C)(C)C2)ncn1. The minimum Gasteiger partial charge on any atom is -0.379 e. The molecule has 4 heteroatoms. The molecule has 0 amide bonds. The molecule has 2 heterocycles. The van der Waals surface area contributed by atoms with Crippen molar-refractivity contribution in [2.45, 2.75) is 20.8 Å². The molecule has 88 valence electrons. The molecule has 2 rings (SSSR count). The number of ether oxygens (including phenoxy) is 1. The number of anilines is 1. The van der Waals surface area contributed by atoms with Crippen molar-refractivity contribution >= 4 is 5.82 Å². The molecule has 0 aromatic carbocycles. The Morgan fingerprint density at radius 2 is 2.19 bits per heavy atom. The van der Waals surface area contributed by atoms with Crippen LogP contribution in [0.1, 0.15) is 19.5 Å². The second kappa shape index (κ2) is 4.37. The molecule has 1 aliphatic heterocycles. The third-order valence-corrected chi connectivity index (χ3v) is 2.73. The van der Waals surface area contributed by atoms with E-state index in [-0.39, 0.29) is 5.41 Å². The smallest absolute Gasteiger partial charge is 0.132 e. The molecule has 0 bridgehead atoms. The van der Waals surface area contributed by atoms with Gasteiger partial charge in [-0.2, -0.15) is 0 Å². The predicted octanol–water partition coefficient (Wildman–Crippen LogP) is 1.65. The van der Waals surface area contributed by atoms with Gasteiger partial charge in [-0.15, -0.1) is 0 Å². The number of hydrogen-bond donors (Lipinski definition) is 0. The van der Waals surface area contributed by atoms with Crippen LogP contribution >= 0.6 is 0 Å². The maximum absolute atomic E-state index is 5.61. The fourth-order valence-corrected chi connectivity index (χ4v) is 1.97. The molecule has 0 spiro atoms. The lowest BCUT2D eigenvalue weighted by atomic mass is 9.94. The summed E-state index contributed by atoms with van der Waals surface area (Å²) in [4.78, 5) is 10.7. The fourth-order valence-electron chi connectivity index (χ4n) is 1.97. The van der Waals surface area contributed by atoms with Gasteiger partial charge in [-0.1, -0.05) is 13.8 Å². The first kappa shape index (κ1) is 11.3. The van der Waals surface area contributed by atoms with Crippen LogP contribution in [0.2, 0.25) is 0 Å². The summed E-state index contributed by atoms with van der Waals surface area (Å²) in [7, 11) is 0. The van der Waals surface area contributed by atoms with Gasteiger partial charge < -0.3 is 9.64 Å². The van der Waals surface area contributed by atoms with E-state index in [1.807, 2.05) is 13.0 Å². The average molecular weight is 221 g/mol. The predicted molar refractivity (Wildman–Crippen MR) is 63.6 cm³/mol. The summed E-state index contributed by atoms with van der Waals surface area (Å²) in [5.74, 6) is 1.01. The van der Waals surface area contributed by atoms with Gasteiger partial charge in [0.2, 0.25) is 0 Å². The molecule has 16 heavy (non-hydrogen) atoms. The first-order chi connectivity index (χ1) is 7.57. The van der Waals surface area contributed by atoms with Crippen LogP contribution in [-0.2, 0) is 4.74 Å². The average Bonchev–Trinajstić information content (AvgIpc) is 2.39. The van der Waals surface area contributed by atoms with E-state index in [2.05, 4.69) is 28.7 Å². The summed E-state index contributed by atoms with van der Waals surface area (Å²) in [6.07, 6.45) is 1.63. The zero-order valence-corrected chi connectivity index (χ0v) is 10.2. The van der Waals surface area contributed by atoms with Gasteiger partial charge in [-0.3, -0.25) is 0 Å². The second-order valence-corrected chi connectivity index (χ2v) is 5.16. The van der Waals surface area contributed by atoms with Gasteiger partial charge in [0.1, 0.15) is 12.1 Å². The van der Waals surface area contributed by atoms with Crippen molar-refractivity contribution in [3.63, 3.8) is 0 Å². The van der Waals surface area contributed by atoms with Crippen LogP contribution in [0, 0.1) is 12.3 Å². The first-order valence-electron chi connectivity index (χ1n) is 5.68. The van der Waals surface area contributed by atoms with E-state index in [9.17, 15) is 0 Å². The van der Waals surface area contributed by atoms with E-state index in [0.717, 1.165) is 37.8 Å². The lowest BCUT2D eigenvalue weighted by Crippen LogP contribution is -2.35. The molecule has 1 aliphatic rings. The lowest BCUT2D eigenvalue weighted by molar-refractivity contribution is 0.0893. The Kier molecular flexibility index (Phi) is 3.10. The number of aromatic nitrogens is 2. The summed E-state index contributed by atoms with van der Waals surface area (Å²) in [5, 5.41) is 0. The third kappa shape index (κ3) is 2.70. The van der Waals surface area contributed by atoms with Crippen LogP contribution in [0.15, 0.2) is 12.4 Å². The maximum atomic E-state index is 5.61. The fraction of sp³-hybridized carbons (Fsp3) is 0.667. The molecule has 1 aromatic rings. The topological polar surface area (TPSA) is 38.2 Å². The Morgan fingerprint density at radius 3 is 2.94 bits per heavy atom. The molecule has 0 radical (unpaired) electrons. The summed E-state index contributed by atoms with van der Waals surface area (Å²) >= 11 is 0. The number of aryl methyl sites for hydroxylation is 1. The summed E-state index contributed by atoms with van der Waals surface area (Å²) in [6.45, 7) is 9.90. The molecule has 1 fully saturated rings. The van der Waals surface area contributed by atoms with E-state index in [1.54, 1.807) is 6.33 Å². The Hall–Kier alpha value is -1.16. The molecular formula is C12H19N3O. The molecule has 1 saturated heterocycles. The van der Waals surface area contributed by atoms with Crippen LogP contribution in [0.3, 0.4) is 0 Å². The summed E-state index contributed by atoms with van der Waals surface area (Å²) in [6, 6.07) is 2.03. The monoisotopic (exact) mass is 221 g/mol. The Bertz CT molecular complexity index is 365. The Balaban J connectivity index is 2.19. The lowest BCUT2D eigenvalue weighted by Gasteiger charge is -2.29. The highest BCUT2D eigenvalue weighted by Crippen LogP contribution is 2.23. The normalized spacial score (nSPS) is 20.6. The Morgan fingerprint density at radius 1 is 1.38 bits per heavy atom. The van der Waals surface area contributed by atoms with Crippen LogP contribution < -0.4 is 4.90 Å². The van der Waals surface area contributed by atoms with E-state index < -0.39 is 0 Å². The number of nitrogens with zero attached hydrogens (tertiary/aromatic N) is 3. The third-order valence-electron chi connectivity index (χ3n) is 2.73. The number of hydrogen-bond acceptors (Lipinski definition) is 4. The van der Waals surface area contributed by atoms with Crippen LogP contribution in [-0.4, -0.2) is 36.3 Å². The number of rotatable bonds is 1. The summed E-state index contributed by atoms with van der Waals surface area (Å²) < 4.78 is 5.61. The zero-order chi connectivity index (χ0) is 11.6. The van der Waals surface area contributed by atoms with Crippen molar-refractivity contribution in [1.82, 2.24) is 9.97 Å². The molecule has 0 aliphatic carbocycles. The highest BCUT2D eigenvalue weighted by molar-refractivity contribution is 5.39. The quantitative estimate of drug-likeness (QED) is 0.722. The van der Waals surface area contributed by atoms with Crippen molar-refractivity contribution < 1.29 is 4.74 Å².